The average molecular weight is 254 g/mol. The van der Waals surface area contributed by atoms with E-state index in [1.165, 1.54) is 83.5 Å². The van der Waals surface area contributed by atoms with Crippen molar-refractivity contribution >= 4 is 0 Å². The summed E-state index contributed by atoms with van der Waals surface area (Å²) in [6.07, 6.45) is 19.0. The second-order valence-corrected chi connectivity index (χ2v) is 6.48. The first kappa shape index (κ1) is 16.0. The smallest absolute Gasteiger partial charge is 0.0861 e. The van der Waals surface area contributed by atoms with Crippen LogP contribution in [0.4, 0.5) is 0 Å². The van der Waals surface area contributed by atoms with E-state index in [1.54, 1.807) is 0 Å². The fourth-order valence-electron chi connectivity index (χ4n) is 3.32. The van der Waals surface area contributed by atoms with Gasteiger partial charge in [0.25, 0.3) is 0 Å². The highest BCUT2D eigenvalue weighted by Gasteiger charge is 2.20. The Balaban J connectivity index is 1.80. The lowest BCUT2D eigenvalue weighted by molar-refractivity contribution is -0.727. The van der Waals surface area contributed by atoms with Crippen LogP contribution >= 0.6 is 0 Å². The summed E-state index contributed by atoms with van der Waals surface area (Å²) >= 11 is 0. The van der Waals surface area contributed by atoms with Gasteiger partial charge in [0, 0.05) is 0 Å². The zero-order valence-corrected chi connectivity index (χ0v) is 12.9. The molecular formula is C17H36N+. The van der Waals surface area contributed by atoms with Crippen LogP contribution in [0.25, 0.3) is 0 Å². The minimum atomic E-state index is 0.891. The first-order valence-corrected chi connectivity index (χ1v) is 8.68. The van der Waals surface area contributed by atoms with Crippen molar-refractivity contribution in [3.05, 3.63) is 0 Å². The quantitative estimate of drug-likeness (QED) is 0.556. The third-order valence-electron chi connectivity index (χ3n) is 4.51. The predicted molar refractivity (Wildman–Crippen MR) is 80.9 cm³/mol. The van der Waals surface area contributed by atoms with Crippen molar-refractivity contribution in [2.45, 2.75) is 109 Å². The third kappa shape index (κ3) is 8.13. The molecule has 0 aliphatic carbocycles. The Morgan fingerprint density at radius 1 is 0.833 bits per heavy atom. The Kier molecular flexibility index (Phi) is 9.65. The van der Waals surface area contributed by atoms with E-state index in [0.717, 1.165) is 12.1 Å². The topological polar surface area (TPSA) is 16.6 Å². The van der Waals surface area contributed by atoms with E-state index in [0.29, 0.717) is 0 Å². The molecule has 0 unspecified atom stereocenters. The van der Waals surface area contributed by atoms with Gasteiger partial charge in [-0.25, -0.2) is 0 Å². The van der Waals surface area contributed by atoms with E-state index >= 15 is 0 Å². The predicted octanol–water partition coefficient (Wildman–Crippen LogP) is 4.41. The van der Waals surface area contributed by atoms with Gasteiger partial charge in [-0.1, -0.05) is 58.3 Å². The minimum Gasteiger partial charge on any atom is -0.342 e. The van der Waals surface area contributed by atoms with Crippen LogP contribution in [0.15, 0.2) is 0 Å². The van der Waals surface area contributed by atoms with Crippen LogP contribution in [0, 0.1) is 0 Å². The van der Waals surface area contributed by atoms with Gasteiger partial charge in [-0.05, 0) is 39.0 Å². The van der Waals surface area contributed by atoms with Crippen LogP contribution in [0.1, 0.15) is 97.3 Å². The molecule has 1 heteroatoms. The summed E-state index contributed by atoms with van der Waals surface area (Å²) in [7, 11) is 0. The molecule has 1 rings (SSSR count). The van der Waals surface area contributed by atoms with E-state index in [9.17, 15) is 0 Å². The molecule has 0 bridgehead atoms. The zero-order chi connectivity index (χ0) is 13.1. The number of rotatable bonds is 10. The van der Waals surface area contributed by atoms with Crippen molar-refractivity contribution in [3.8, 4) is 0 Å². The van der Waals surface area contributed by atoms with Gasteiger partial charge in [0.15, 0.2) is 0 Å². The van der Waals surface area contributed by atoms with Gasteiger partial charge in [0.1, 0.15) is 0 Å². The van der Waals surface area contributed by atoms with Gasteiger partial charge in [0.05, 0.1) is 12.1 Å². The van der Waals surface area contributed by atoms with Crippen LogP contribution in [0.2, 0.25) is 0 Å². The molecule has 0 spiro atoms. The molecule has 0 saturated carbocycles. The number of nitrogens with two attached hydrogens (primary N) is 1. The molecule has 1 nitrogen and oxygen atoms in total. The Morgan fingerprint density at radius 3 is 2.06 bits per heavy atom. The van der Waals surface area contributed by atoms with Crippen molar-refractivity contribution in [2.24, 2.45) is 0 Å². The SMILES string of the molecule is CCCCCCCCCCC[C@H]1CCC[C@H](C)[NH2+]1. The number of hydrogen-bond acceptors (Lipinski definition) is 0. The number of unbranched alkanes of at least 4 members (excludes halogenated alkanes) is 8. The van der Waals surface area contributed by atoms with E-state index in [4.69, 9.17) is 0 Å². The number of quaternary nitrogens is 1. The standard InChI is InChI=1S/C17H35N/c1-3-4-5-6-7-8-9-10-11-14-17-15-12-13-16(2)18-17/h16-18H,3-15H2,1-2H3/p+1/t16-,17-/m0/s1. The molecule has 2 atom stereocenters. The van der Waals surface area contributed by atoms with Crippen LogP contribution in [-0.4, -0.2) is 12.1 Å². The molecule has 108 valence electrons. The third-order valence-corrected chi connectivity index (χ3v) is 4.51. The van der Waals surface area contributed by atoms with Crippen molar-refractivity contribution in [1.29, 1.82) is 0 Å². The van der Waals surface area contributed by atoms with Gasteiger partial charge in [-0.2, -0.15) is 0 Å². The molecule has 1 heterocycles. The Labute approximate surface area is 115 Å². The van der Waals surface area contributed by atoms with Gasteiger partial charge in [0.2, 0.25) is 0 Å². The van der Waals surface area contributed by atoms with Gasteiger partial charge in [-0.3, -0.25) is 0 Å². The maximum atomic E-state index is 2.63. The molecule has 0 radical (unpaired) electrons. The van der Waals surface area contributed by atoms with Crippen molar-refractivity contribution < 1.29 is 5.32 Å². The van der Waals surface area contributed by atoms with Crippen LogP contribution < -0.4 is 5.32 Å². The molecule has 18 heavy (non-hydrogen) atoms. The summed E-state index contributed by atoms with van der Waals surface area (Å²) < 4.78 is 0. The molecule has 1 aliphatic heterocycles. The fraction of sp³-hybridized carbons (Fsp3) is 1.00. The summed E-state index contributed by atoms with van der Waals surface area (Å²) in [6.45, 7) is 4.69. The number of piperidine rings is 1. The highest BCUT2D eigenvalue weighted by molar-refractivity contribution is 4.63. The molecule has 1 fully saturated rings. The van der Waals surface area contributed by atoms with Gasteiger partial charge >= 0.3 is 0 Å². The monoisotopic (exact) mass is 254 g/mol. The molecule has 0 amide bonds. The largest absolute Gasteiger partial charge is 0.342 e. The van der Waals surface area contributed by atoms with E-state index in [2.05, 4.69) is 19.2 Å². The summed E-state index contributed by atoms with van der Waals surface area (Å²) in [5.74, 6) is 0. The molecule has 0 aromatic heterocycles. The maximum absolute atomic E-state index is 2.63. The summed E-state index contributed by atoms with van der Waals surface area (Å²) in [5, 5.41) is 2.63. The first-order chi connectivity index (χ1) is 8.83. The fourth-order valence-corrected chi connectivity index (χ4v) is 3.32. The lowest BCUT2D eigenvalue weighted by atomic mass is 9.95. The summed E-state index contributed by atoms with van der Waals surface area (Å²) in [6, 6.07) is 1.85. The van der Waals surface area contributed by atoms with E-state index in [1.807, 2.05) is 0 Å². The highest BCUT2D eigenvalue weighted by atomic mass is 15.0. The highest BCUT2D eigenvalue weighted by Crippen LogP contribution is 2.14. The van der Waals surface area contributed by atoms with Gasteiger partial charge < -0.3 is 5.32 Å². The zero-order valence-electron chi connectivity index (χ0n) is 12.9. The maximum Gasteiger partial charge on any atom is 0.0861 e. The summed E-state index contributed by atoms with van der Waals surface area (Å²) in [5.41, 5.74) is 0. The van der Waals surface area contributed by atoms with E-state index in [-0.39, 0.29) is 0 Å². The van der Waals surface area contributed by atoms with Crippen molar-refractivity contribution in [2.75, 3.05) is 0 Å². The normalized spacial score (nSPS) is 24.3. The van der Waals surface area contributed by atoms with E-state index < -0.39 is 0 Å². The van der Waals surface area contributed by atoms with Gasteiger partial charge in [-0.15, -0.1) is 0 Å². The minimum absolute atomic E-state index is 0.891. The van der Waals surface area contributed by atoms with Crippen LogP contribution in [0.5, 0.6) is 0 Å². The second kappa shape index (κ2) is 10.8. The Hall–Kier alpha value is -0.0400. The molecule has 1 saturated heterocycles. The molecule has 2 N–H and O–H groups in total. The summed E-state index contributed by atoms with van der Waals surface area (Å²) in [4.78, 5) is 0. The molecule has 0 aromatic carbocycles. The number of hydrogen-bond donors (Lipinski definition) is 1. The first-order valence-electron chi connectivity index (χ1n) is 8.68. The molecular weight excluding hydrogens is 218 g/mol. The van der Waals surface area contributed by atoms with Crippen LogP contribution in [0.3, 0.4) is 0 Å². The molecule has 0 aromatic rings. The lowest BCUT2D eigenvalue weighted by Gasteiger charge is -2.25. The van der Waals surface area contributed by atoms with Crippen molar-refractivity contribution in [1.82, 2.24) is 0 Å². The Morgan fingerprint density at radius 2 is 1.44 bits per heavy atom. The average Bonchev–Trinajstić information content (AvgIpc) is 2.37. The van der Waals surface area contributed by atoms with Crippen molar-refractivity contribution in [3.63, 3.8) is 0 Å². The molecule has 1 aliphatic rings. The Bertz CT molecular complexity index is 178. The second-order valence-electron chi connectivity index (χ2n) is 6.48. The van der Waals surface area contributed by atoms with Crippen LogP contribution in [-0.2, 0) is 0 Å². The lowest BCUT2D eigenvalue weighted by Crippen LogP contribution is -2.95.